The second-order valence-corrected chi connectivity index (χ2v) is 8.13. The molecule has 0 N–H and O–H groups in total. The largest absolute Gasteiger partial charge is 0.515 e. The minimum atomic E-state index is -2.58. The Labute approximate surface area is 141 Å². The predicted octanol–water partition coefficient (Wildman–Crippen LogP) is 2.40. The average Bonchev–Trinajstić information content (AvgIpc) is 2.57. The zero-order chi connectivity index (χ0) is 16.5. The number of hydrogen-bond donors (Lipinski definition) is 0. The molecular formula is C17H30N2O3Si. The van der Waals surface area contributed by atoms with Crippen molar-refractivity contribution < 1.29 is 13.3 Å². The van der Waals surface area contributed by atoms with E-state index < -0.39 is 8.80 Å². The van der Waals surface area contributed by atoms with Crippen LogP contribution in [0.3, 0.4) is 0 Å². The maximum Gasteiger partial charge on any atom is 0.515 e. The van der Waals surface area contributed by atoms with E-state index in [4.69, 9.17) is 13.3 Å². The van der Waals surface area contributed by atoms with Crippen LogP contribution in [0.5, 0.6) is 0 Å². The van der Waals surface area contributed by atoms with Gasteiger partial charge in [-0.3, -0.25) is 4.90 Å². The van der Waals surface area contributed by atoms with E-state index in [1.807, 2.05) is 20.8 Å². The van der Waals surface area contributed by atoms with Gasteiger partial charge >= 0.3 is 8.80 Å². The summed E-state index contributed by atoms with van der Waals surface area (Å²) >= 11 is 0. The third-order valence-electron chi connectivity index (χ3n) is 4.00. The summed E-state index contributed by atoms with van der Waals surface area (Å²) in [4.78, 5) is 4.86. The van der Waals surface area contributed by atoms with Gasteiger partial charge in [0.2, 0.25) is 0 Å². The van der Waals surface area contributed by atoms with E-state index in [-0.39, 0.29) is 0 Å². The molecule has 0 unspecified atom stereocenters. The molecule has 1 aliphatic rings. The topological polar surface area (TPSA) is 34.2 Å². The van der Waals surface area contributed by atoms with Gasteiger partial charge in [0.25, 0.3) is 0 Å². The van der Waals surface area contributed by atoms with Gasteiger partial charge in [0.15, 0.2) is 0 Å². The lowest BCUT2D eigenvalue weighted by atomic mass is 10.2. The first-order chi connectivity index (χ1) is 11.2. The van der Waals surface area contributed by atoms with Crippen molar-refractivity contribution in [2.45, 2.75) is 20.8 Å². The highest BCUT2D eigenvalue weighted by Crippen LogP contribution is 2.18. The molecule has 0 radical (unpaired) electrons. The van der Waals surface area contributed by atoms with E-state index in [9.17, 15) is 0 Å². The highest BCUT2D eigenvalue weighted by Gasteiger charge is 2.42. The molecule has 1 aromatic carbocycles. The molecule has 130 valence electrons. The standard InChI is InChI=1S/C17H30N2O3Si/c1-4-20-23(21-5-2,22-6-3)16-18-12-14-19(15-13-18)17-10-8-7-9-11-17/h7-11H,4-6,12-16H2,1-3H3. The summed E-state index contributed by atoms with van der Waals surface area (Å²) in [6.07, 6.45) is 0.783. The van der Waals surface area contributed by atoms with Crippen molar-refractivity contribution in [1.82, 2.24) is 4.90 Å². The number of anilines is 1. The Bertz CT molecular complexity index is 422. The van der Waals surface area contributed by atoms with E-state index in [2.05, 4.69) is 40.1 Å². The van der Waals surface area contributed by atoms with Crippen molar-refractivity contribution in [2.75, 3.05) is 57.1 Å². The first kappa shape index (κ1) is 18.4. The monoisotopic (exact) mass is 338 g/mol. The lowest BCUT2D eigenvalue weighted by Crippen LogP contribution is -2.59. The quantitative estimate of drug-likeness (QED) is 0.646. The first-order valence-corrected chi connectivity index (χ1v) is 10.6. The van der Waals surface area contributed by atoms with Gasteiger partial charge in [0.1, 0.15) is 0 Å². The smallest absolute Gasteiger partial charge is 0.373 e. The van der Waals surface area contributed by atoms with E-state index >= 15 is 0 Å². The molecule has 0 spiro atoms. The van der Waals surface area contributed by atoms with Crippen LogP contribution in [0, 0.1) is 0 Å². The summed E-state index contributed by atoms with van der Waals surface area (Å²) < 4.78 is 17.9. The van der Waals surface area contributed by atoms with Crippen molar-refractivity contribution in [1.29, 1.82) is 0 Å². The Morgan fingerprint density at radius 2 is 1.35 bits per heavy atom. The van der Waals surface area contributed by atoms with Crippen LogP contribution in [-0.4, -0.2) is 65.9 Å². The molecule has 2 rings (SSSR count). The van der Waals surface area contributed by atoms with Crippen molar-refractivity contribution in [3.8, 4) is 0 Å². The fourth-order valence-corrected chi connectivity index (χ4v) is 5.71. The van der Waals surface area contributed by atoms with E-state index in [0.717, 1.165) is 32.3 Å². The molecule has 1 heterocycles. The van der Waals surface area contributed by atoms with Crippen molar-refractivity contribution in [3.63, 3.8) is 0 Å². The third-order valence-corrected chi connectivity index (χ3v) is 7.02. The van der Waals surface area contributed by atoms with Crippen LogP contribution in [0.25, 0.3) is 0 Å². The van der Waals surface area contributed by atoms with Crippen LogP contribution >= 0.6 is 0 Å². The molecule has 0 aromatic heterocycles. The van der Waals surface area contributed by atoms with Gasteiger partial charge in [0.05, 0.1) is 6.17 Å². The maximum absolute atomic E-state index is 5.96. The second kappa shape index (κ2) is 9.39. The van der Waals surface area contributed by atoms with Crippen LogP contribution in [0.4, 0.5) is 5.69 Å². The number of hydrogen-bond acceptors (Lipinski definition) is 5. The number of rotatable bonds is 9. The van der Waals surface area contributed by atoms with E-state index in [1.54, 1.807) is 0 Å². The highest BCUT2D eigenvalue weighted by molar-refractivity contribution is 6.60. The minimum absolute atomic E-state index is 0.635. The fraction of sp³-hybridized carbons (Fsp3) is 0.647. The Balaban J connectivity index is 1.92. The number of nitrogens with zero attached hydrogens (tertiary/aromatic N) is 2. The molecule has 1 aliphatic heterocycles. The Hall–Kier alpha value is -0.923. The molecule has 6 heteroatoms. The highest BCUT2D eigenvalue weighted by atomic mass is 28.4. The van der Waals surface area contributed by atoms with Gasteiger partial charge in [-0.1, -0.05) is 18.2 Å². The van der Waals surface area contributed by atoms with Gasteiger partial charge in [-0.2, -0.15) is 0 Å². The second-order valence-electron chi connectivity index (χ2n) is 5.58. The first-order valence-electron chi connectivity index (χ1n) is 8.67. The summed E-state index contributed by atoms with van der Waals surface area (Å²) in [6, 6.07) is 10.6. The Morgan fingerprint density at radius 1 is 0.826 bits per heavy atom. The lowest BCUT2D eigenvalue weighted by molar-refractivity contribution is 0.0559. The lowest BCUT2D eigenvalue weighted by Gasteiger charge is -2.39. The summed E-state index contributed by atoms with van der Waals surface area (Å²) in [6.45, 7) is 12.0. The van der Waals surface area contributed by atoms with Crippen molar-refractivity contribution >= 4 is 14.5 Å². The SMILES string of the molecule is CCO[Si](CN1CCN(c2ccccc2)CC1)(OCC)OCC. The van der Waals surface area contributed by atoms with Crippen LogP contribution in [0.1, 0.15) is 20.8 Å². The summed E-state index contributed by atoms with van der Waals surface area (Å²) in [5.41, 5.74) is 1.30. The molecule has 1 aromatic rings. The molecule has 0 aliphatic carbocycles. The van der Waals surface area contributed by atoms with E-state index in [0.29, 0.717) is 19.8 Å². The fourth-order valence-electron chi connectivity index (χ4n) is 3.00. The van der Waals surface area contributed by atoms with Crippen LogP contribution in [0.2, 0.25) is 0 Å². The van der Waals surface area contributed by atoms with Gasteiger partial charge in [0, 0.05) is 51.7 Å². The molecule has 1 fully saturated rings. The maximum atomic E-state index is 5.96. The molecule has 23 heavy (non-hydrogen) atoms. The molecule has 0 saturated carbocycles. The minimum Gasteiger partial charge on any atom is -0.373 e. The summed E-state index contributed by atoms with van der Waals surface area (Å²) in [5.74, 6) is 0. The number of benzene rings is 1. The van der Waals surface area contributed by atoms with Gasteiger partial charge in [-0.15, -0.1) is 0 Å². The Kier molecular flexibility index (Phi) is 7.52. The summed E-state index contributed by atoms with van der Waals surface area (Å²) in [7, 11) is -2.58. The molecule has 1 saturated heterocycles. The van der Waals surface area contributed by atoms with Crippen LogP contribution < -0.4 is 4.90 Å². The van der Waals surface area contributed by atoms with Crippen LogP contribution in [-0.2, 0) is 13.3 Å². The van der Waals surface area contributed by atoms with Gasteiger partial charge < -0.3 is 18.2 Å². The van der Waals surface area contributed by atoms with Gasteiger partial charge in [-0.05, 0) is 32.9 Å². The molecule has 0 bridgehead atoms. The zero-order valence-corrected chi connectivity index (χ0v) is 15.7. The molecule has 5 nitrogen and oxygen atoms in total. The zero-order valence-electron chi connectivity index (χ0n) is 14.7. The third kappa shape index (κ3) is 5.29. The Morgan fingerprint density at radius 3 is 1.83 bits per heavy atom. The van der Waals surface area contributed by atoms with Gasteiger partial charge in [-0.25, -0.2) is 0 Å². The summed E-state index contributed by atoms with van der Waals surface area (Å²) in [5, 5.41) is 0. The predicted molar refractivity (Wildman–Crippen MR) is 95.7 cm³/mol. The molecular weight excluding hydrogens is 308 g/mol. The normalized spacial score (nSPS) is 16.7. The van der Waals surface area contributed by atoms with E-state index in [1.165, 1.54) is 5.69 Å². The number of para-hydroxylation sites is 1. The van der Waals surface area contributed by atoms with Crippen molar-refractivity contribution in [3.05, 3.63) is 30.3 Å². The molecule has 0 amide bonds. The average molecular weight is 339 g/mol. The molecule has 0 atom stereocenters. The van der Waals surface area contributed by atoms with Crippen molar-refractivity contribution in [2.24, 2.45) is 0 Å². The van der Waals surface area contributed by atoms with Crippen LogP contribution in [0.15, 0.2) is 30.3 Å². The number of piperazine rings is 1.